The highest BCUT2D eigenvalue weighted by Crippen LogP contribution is 2.17. The molecule has 0 saturated carbocycles. The normalized spacial score (nSPS) is 11.1. The number of aliphatic carboxylic acids is 1. The van der Waals surface area contributed by atoms with Crippen molar-refractivity contribution in [3.05, 3.63) is 59.9 Å². The molecule has 0 atom stereocenters. The Kier molecular flexibility index (Phi) is 4.23. The first-order chi connectivity index (χ1) is 9.87. The molecule has 7 heteroatoms. The van der Waals surface area contributed by atoms with Gasteiger partial charge in [-0.2, -0.15) is 0 Å². The molecule has 2 aromatic rings. The summed E-state index contributed by atoms with van der Waals surface area (Å²) in [6.45, 7) is 0. The highest BCUT2D eigenvalue weighted by molar-refractivity contribution is 7.92. The number of nitrogens with one attached hydrogen (secondary N) is 1. The van der Waals surface area contributed by atoms with Gasteiger partial charge in [-0.15, -0.1) is 0 Å². The first kappa shape index (κ1) is 15.0. The van der Waals surface area contributed by atoms with E-state index >= 15 is 0 Å². The summed E-state index contributed by atoms with van der Waals surface area (Å²) in [5, 5.41) is 8.65. The molecule has 5 nitrogen and oxygen atoms in total. The van der Waals surface area contributed by atoms with E-state index in [-0.39, 0.29) is 17.0 Å². The van der Waals surface area contributed by atoms with Crippen LogP contribution in [0.25, 0.3) is 0 Å². The molecular formula is C14H12FNO4S. The van der Waals surface area contributed by atoms with Gasteiger partial charge >= 0.3 is 5.97 Å². The van der Waals surface area contributed by atoms with Gasteiger partial charge in [-0.25, -0.2) is 12.8 Å². The van der Waals surface area contributed by atoms with Gasteiger partial charge in [0, 0.05) is 5.69 Å². The van der Waals surface area contributed by atoms with Crippen molar-refractivity contribution in [2.75, 3.05) is 4.72 Å². The summed E-state index contributed by atoms with van der Waals surface area (Å²) in [5.41, 5.74) is 0.745. The van der Waals surface area contributed by atoms with E-state index in [2.05, 4.69) is 4.72 Å². The van der Waals surface area contributed by atoms with Gasteiger partial charge in [0.05, 0.1) is 11.3 Å². The number of anilines is 1. The molecule has 0 aliphatic carbocycles. The van der Waals surface area contributed by atoms with Crippen LogP contribution in [0.5, 0.6) is 0 Å². The molecule has 0 bridgehead atoms. The van der Waals surface area contributed by atoms with Crippen molar-refractivity contribution in [2.24, 2.45) is 0 Å². The van der Waals surface area contributed by atoms with Crippen molar-refractivity contribution in [1.82, 2.24) is 0 Å². The Bertz CT molecular complexity index is 740. The monoisotopic (exact) mass is 309 g/mol. The zero-order chi connectivity index (χ0) is 15.5. The lowest BCUT2D eigenvalue weighted by atomic mass is 10.2. The van der Waals surface area contributed by atoms with E-state index in [1.807, 2.05) is 0 Å². The third-order valence-corrected chi connectivity index (χ3v) is 4.08. The fraction of sp³-hybridized carbons (Fsp3) is 0.0714. The van der Waals surface area contributed by atoms with Crippen molar-refractivity contribution in [1.29, 1.82) is 0 Å². The number of rotatable bonds is 5. The molecule has 0 amide bonds. The van der Waals surface area contributed by atoms with Gasteiger partial charge in [-0.3, -0.25) is 9.52 Å². The first-order valence-electron chi connectivity index (χ1n) is 5.96. The minimum atomic E-state index is -3.79. The number of hydrogen-bond acceptors (Lipinski definition) is 3. The topological polar surface area (TPSA) is 83.5 Å². The number of carboxylic acids is 1. The average molecular weight is 309 g/mol. The third kappa shape index (κ3) is 4.03. The summed E-state index contributed by atoms with van der Waals surface area (Å²) in [5.74, 6) is -1.45. The van der Waals surface area contributed by atoms with Gasteiger partial charge in [-0.1, -0.05) is 12.1 Å². The zero-order valence-electron chi connectivity index (χ0n) is 10.8. The van der Waals surface area contributed by atoms with Crippen LogP contribution in [0.4, 0.5) is 10.1 Å². The Morgan fingerprint density at radius 3 is 2.14 bits per heavy atom. The second-order valence-electron chi connectivity index (χ2n) is 4.33. The zero-order valence-corrected chi connectivity index (χ0v) is 11.6. The van der Waals surface area contributed by atoms with Crippen LogP contribution in [0.1, 0.15) is 5.56 Å². The molecule has 2 N–H and O–H groups in total. The maximum Gasteiger partial charge on any atom is 0.307 e. The highest BCUT2D eigenvalue weighted by atomic mass is 32.2. The molecule has 0 aliphatic heterocycles. The summed E-state index contributed by atoms with van der Waals surface area (Å²) in [7, 11) is -3.79. The standard InChI is InChI=1S/C14H12FNO4S/c15-11-3-5-12(6-4-11)16-21(19,20)13-7-1-10(2-8-13)9-14(17)18/h1-8,16H,9H2,(H,17,18). The Labute approximate surface area is 121 Å². The average Bonchev–Trinajstić information content (AvgIpc) is 2.41. The van der Waals surface area contributed by atoms with Crippen LogP contribution in [-0.2, 0) is 21.2 Å². The smallest absolute Gasteiger partial charge is 0.307 e. The van der Waals surface area contributed by atoms with Gasteiger partial charge in [0.25, 0.3) is 10.0 Å². The van der Waals surface area contributed by atoms with E-state index < -0.39 is 21.8 Å². The molecule has 21 heavy (non-hydrogen) atoms. The SMILES string of the molecule is O=C(O)Cc1ccc(S(=O)(=O)Nc2ccc(F)cc2)cc1. The van der Waals surface area contributed by atoms with E-state index in [4.69, 9.17) is 5.11 Å². The van der Waals surface area contributed by atoms with Crippen molar-refractivity contribution in [2.45, 2.75) is 11.3 Å². The Morgan fingerprint density at radius 1 is 1.05 bits per heavy atom. The maximum atomic E-state index is 12.8. The third-order valence-electron chi connectivity index (χ3n) is 2.69. The van der Waals surface area contributed by atoms with Crippen LogP contribution >= 0.6 is 0 Å². The van der Waals surface area contributed by atoms with E-state index in [0.29, 0.717) is 5.56 Å². The summed E-state index contributed by atoms with van der Waals surface area (Å²) in [6.07, 6.45) is -0.175. The van der Waals surface area contributed by atoms with Crippen molar-refractivity contribution in [3.8, 4) is 0 Å². The number of sulfonamides is 1. The van der Waals surface area contributed by atoms with Crippen LogP contribution in [0, 0.1) is 5.82 Å². The molecule has 0 saturated heterocycles. The van der Waals surface area contributed by atoms with Gasteiger partial charge in [0.2, 0.25) is 0 Å². The van der Waals surface area contributed by atoms with Crippen LogP contribution in [0.2, 0.25) is 0 Å². The number of benzene rings is 2. The summed E-state index contributed by atoms with van der Waals surface area (Å²) in [4.78, 5) is 10.6. The van der Waals surface area contributed by atoms with E-state index in [9.17, 15) is 17.6 Å². The molecule has 0 heterocycles. The van der Waals surface area contributed by atoms with E-state index in [0.717, 1.165) is 12.1 Å². The van der Waals surface area contributed by atoms with Gasteiger partial charge in [0.1, 0.15) is 5.82 Å². The van der Waals surface area contributed by atoms with Crippen LogP contribution in [-0.4, -0.2) is 19.5 Å². The van der Waals surface area contributed by atoms with Crippen LogP contribution in [0.15, 0.2) is 53.4 Å². The second-order valence-corrected chi connectivity index (χ2v) is 6.01. The molecular weight excluding hydrogens is 297 g/mol. The van der Waals surface area contributed by atoms with E-state index in [1.54, 1.807) is 0 Å². The van der Waals surface area contributed by atoms with Crippen molar-refractivity contribution >= 4 is 21.7 Å². The molecule has 0 aliphatic rings. The van der Waals surface area contributed by atoms with Gasteiger partial charge in [0.15, 0.2) is 0 Å². The quantitative estimate of drug-likeness (QED) is 0.887. The summed E-state index contributed by atoms with van der Waals surface area (Å²) in [6, 6.07) is 10.4. The first-order valence-corrected chi connectivity index (χ1v) is 7.44. The van der Waals surface area contributed by atoms with Gasteiger partial charge in [-0.05, 0) is 42.0 Å². The maximum absolute atomic E-state index is 12.8. The number of halogens is 1. The minimum absolute atomic E-state index is 0.000892. The Balaban J connectivity index is 2.19. The molecule has 110 valence electrons. The Morgan fingerprint density at radius 2 is 1.62 bits per heavy atom. The van der Waals surface area contributed by atoms with E-state index in [1.165, 1.54) is 36.4 Å². The molecule has 2 rings (SSSR count). The second kappa shape index (κ2) is 5.92. The predicted molar refractivity (Wildman–Crippen MR) is 75.0 cm³/mol. The summed E-state index contributed by atoms with van der Waals surface area (Å²) < 4.78 is 39.3. The number of hydrogen-bond donors (Lipinski definition) is 2. The molecule has 0 fully saturated rings. The largest absolute Gasteiger partial charge is 0.481 e. The molecule has 2 aromatic carbocycles. The fourth-order valence-corrected chi connectivity index (χ4v) is 2.75. The lowest BCUT2D eigenvalue weighted by Gasteiger charge is -2.08. The lowest BCUT2D eigenvalue weighted by Crippen LogP contribution is -2.13. The molecule has 0 spiro atoms. The highest BCUT2D eigenvalue weighted by Gasteiger charge is 2.14. The van der Waals surface area contributed by atoms with Crippen molar-refractivity contribution in [3.63, 3.8) is 0 Å². The Hall–Kier alpha value is -2.41. The molecule has 0 radical (unpaired) electrons. The van der Waals surface area contributed by atoms with Crippen LogP contribution in [0.3, 0.4) is 0 Å². The number of carboxylic acid groups (broad SMARTS) is 1. The predicted octanol–water partition coefficient (Wildman–Crippen LogP) is 2.25. The molecule has 0 unspecified atom stereocenters. The molecule has 0 aromatic heterocycles. The van der Waals surface area contributed by atoms with Gasteiger partial charge < -0.3 is 5.11 Å². The van der Waals surface area contributed by atoms with Crippen LogP contribution < -0.4 is 4.72 Å². The minimum Gasteiger partial charge on any atom is -0.481 e. The fourth-order valence-electron chi connectivity index (χ4n) is 1.69. The number of carbonyl (C=O) groups is 1. The summed E-state index contributed by atoms with van der Waals surface area (Å²) >= 11 is 0. The van der Waals surface area contributed by atoms with Crippen molar-refractivity contribution < 1.29 is 22.7 Å². The lowest BCUT2D eigenvalue weighted by molar-refractivity contribution is -0.136.